The Morgan fingerprint density at radius 1 is 0.943 bits per heavy atom. The fourth-order valence-electron chi connectivity index (χ4n) is 3.97. The van der Waals surface area contributed by atoms with E-state index in [0.717, 1.165) is 37.5 Å². The molecule has 0 saturated carbocycles. The van der Waals surface area contributed by atoms with Gasteiger partial charge in [0.25, 0.3) is 0 Å². The summed E-state index contributed by atoms with van der Waals surface area (Å²) in [6.45, 7) is 7.39. The van der Waals surface area contributed by atoms with Gasteiger partial charge in [-0.25, -0.2) is 8.78 Å². The summed E-state index contributed by atoms with van der Waals surface area (Å²) in [5.41, 5.74) is 0.673. The minimum Gasteiger partial charge on any atom is -0.326 e. The first-order chi connectivity index (χ1) is 16.5. The van der Waals surface area contributed by atoms with E-state index < -0.39 is 40.9 Å². The van der Waals surface area contributed by atoms with Crippen LogP contribution in [-0.2, 0) is 27.2 Å². The van der Waals surface area contributed by atoms with Crippen LogP contribution in [0.4, 0.5) is 8.78 Å². The van der Waals surface area contributed by atoms with E-state index in [2.05, 4.69) is 22.8 Å². The van der Waals surface area contributed by atoms with Crippen molar-refractivity contribution in [3.05, 3.63) is 71.3 Å². The first kappa shape index (κ1) is 28.1. The molecule has 0 aliphatic rings. The summed E-state index contributed by atoms with van der Waals surface area (Å²) in [4.78, 5) is 39.3. The van der Waals surface area contributed by atoms with E-state index in [1.165, 1.54) is 17.4 Å². The molecule has 0 fully saturated rings. The minimum atomic E-state index is -0.962. The second-order valence-electron chi connectivity index (χ2n) is 9.60. The lowest BCUT2D eigenvalue weighted by Gasteiger charge is -2.39. The lowest BCUT2D eigenvalue weighted by Crippen LogP contribution is -2.57. The zero-order valence-corrected chi connectivity index (χ0v) is 20.9. The van der Waals surface area contributed by atoms with Crippen LogP contribution in [0, 0.1) is 11.6 Å². The first-order valence-corrected chi connectivity index (χ1v) is 11.8. The maximum absolute atomic E-state index is 13.5. The Morgan fingerprint density at radius 2 is 1.57 bits per heavy atom. The van der Waals surface area contributed by atoms with Crippen LogP contribution in [0.15, 0.2) is 48.5 Å². The molecule has 0 saturated heterocycles. The lowest BCUT2D eigenvalue weighted by molar-refractivity contribution is -0.146. The highest BCUT2D eigenvalue weighted by atomic mass is 19.1. The number of hydrogen-bond donors (Lipinski definition) is 2. The largest absolute Gasteiger partial charge is 0.326 e. The number of carbonyl (C=O) groups is 3. The molecule has 0 heterocycles. The van der Waals surface area contributed by atoms with Gasteiger partial charge in [0, 0.05) is 11.6 Å². The van der Waals surface area contributed by atoms with Gasteiger partial charge in [-0.1, -0.05) is 30.3 Å². The van der Waals surface area contributed by atoms with Crippen molar-refractivity contribution in [1.29, 1.82) is 0 Å². The van der Waals surface area contributed by atoms with E-state index in [4.69, 9.17) is 0 Å². The minimum absolute atomic E-state index is 0.0180. The Labute approximate surface area is 206 Å². The van der Waals surface area contributed by atoms with E-state index in [9.17, 15) is 23.2 Å². The molecule has 35 heavy (non-hydrogen) atoms. The van der Waals surface area contributed by atoms with E-state index in [1.54, 1.807) is 20.8 Å². The molecular weight excluding hydrogens is 452 g/mol. The molecule has 0 unspecified atom stereocenters. The molecule has 2 N–H and O–H groups in total. The SMILES string of the molecule is C[C@@H](C(=O)NC(=O)CNCCCCc1ccccc1)N(C(=O)Cc1cc(F)cc(F)c1)C(C)(C)C. The molecule has 190 valence electrons. The topological polar surface area (TPSA) is 78.5 Å². The van der Waals surface area contributed by atoms with Crippen molar-refractivity contribution < 1.29 is 23.2 Å². The van der Waals surface area contributed by atoms with Crippen LogP contribution in [0.1, 0.15) is 51.7 Å². The fourth-order valence-corrected chi connectivity index (χ4v) is 3.97. The molecule has 0 aliphatic carbocycles. The number of rotatable bonds is 11. The van der Waals surface area contributed by atoms with Crippen LogP contribution < -0.4 is 10.6 Å². The van der Waals surface area contributed by atoms with Gasteiger partial charge in [0.2, 0.25) is 17.7 Å². The number of halogens is 2. The average molecular weight is 488 g/mol. The third-order valence-corrected chi connectivity index (χ3v) is 5.50. The van der Waals surface area contributed by atoms with Crippen molar-refractivity contribution >= 4 is 17.7 Å². The van der Waals surface area contributed by atoms with Crippen LogP contribution in [0.5, 0.6) is 0 Å². The molecule has 0 bridgehead atoms. The van der Waals surface area contributed by atoms with Gasteiger partial charge in [-0.15, -0.1) is 0 Å². The van der Waals surface area contributed by atoms with E-state index in [1.807, 2.05) is 18.2 Å². The molecule has 0 aliphatic heterocycles. The van der Waals surface area contributed by atoms with Gasteiger partial charge >= 0.3 is 0 Å². The number of amides is 3. The summed E-state index contributed by atoms with van der Waals surface area (Å²) in [6, 6.07) is 12.1. The molecule has 6 nitrogen and oxygen atoms in total. The maximum Gasteiger partial charge on any atom is 0.249 e. The second kappa shape index (κ2) is 13.1. The normalized spacial score (nSPS) is 12.2. The van der Waals surface area contributed by atoms with Crippen molar-refractivity contribution in [3.63, 3.8) is 0 Å². The molecular formula is C27H35F2N3O3. The highest BCUT2D eigenvalue weighted by Crippen LogP contribution is 2.20. The third kappa shape index (κ3) is 9.56. The summed E-state index contributed by atoms with van der Waals surface area (Å²) in [5.74, 6) is -3.14. The number of nitrogens with zero attached hydrogens (tertiary/aromatic N) is 1. The van der Waals surface area contributed by atoms with Gasteiger partial charge < -0.3 is 10.2 Å². The van der Waals surface area contributed by atoms with E-state index in [-0.39, 0.29) is 18.5 Å². The van der Waals surface area contributed by atoms with Crippen LogP contribution in [0.3, 0.4) is 0 Å². The zero-order valence-electron chi connectivity index (χ0n) is 20.9. The number of hydrogen-bond acceptors (Lipinski definition) is 4. The van der Waals surface area contributed by atoms with Gasteiger partial charge in [0.1, 0.15) is 17.7 Å². The monoisotopic (exact) mass is 487 g/mol. The molecule has 0 spiro atoms. The predicted molar refractivity (Wildman–Crippen MR) is 132 cm³/mol. The molecule has 2 aromatic rings. The van der Waals surface area contributed by atoms with Crippen LogP contribution in [-0.4, -0.2) is 47.3 Å². The number of benzene rings is 2. The fraction of sp³-hybridized carbons (Fsp3) is 0.444. The summed E-state index contributed by atoms with van der Waals surface area (Å²) >= 11 is 0. The number of imide groups is 1. The number of carbonyl (C=O) groups excluding carboxylic acids is 3. The van der Waals surface area contributed by atoms with Gasteiger partial charge in [-0.2, -0.15) is 0 Å². The highest BCUT2D eigenvalue weighted by Gasteiger charge is 2.35. The molecule has 2 rings (SSSR count). The smallest absolute Gasteiger partial charge is 0.249 e. The predicted octanol–water partition coefficient (Wildman–Crippen LogP) is 3.78. The van der Waals surface area contributed by atoms with E-state index >= 15 is 0 Å². The Morgan fingerprint density at radius 3 is 2.17 bits per heavy atom. The molecule has 8 heteroatoms. The summed E-state index contributed by atoms with van der Waals surface area (Å²) in [5, 5.41) is 5.36. The number of aryl methyl sites for hydroxylation is 1. The number of unbranched alkanes of at least 4 members (excludes halogenated alkanes) is 1. The Hall–Kier alpha value is -3.13. The lowest BCUT2D eigenvalue weighted by atomic mass is 10.0. The quantitative estimate of drug-likeness (QED) is 0.473. The van der Waals surface area contributed by atoms with Gasteiger partial charge in [-0.05, 0) is 76.8 Å². The van der Waals surface area contributed by atoms with Crippen LogP contribution in [0.2, 0.25) is 0 Å². The van der Waals surface area contributed by atoms with Gasteiger partial charge in [-0.3, -0.25) is 19.7 Å². The third-order valence-electron chi connectivity index (χ3n) is 5.50. The van der Waals surface area contributed by atoms with Crippen molar-refractivity contribution in [1.82, 2.24) is 15.5 Å². The summed E-state index contributed by atoms with van der Waals surface area (Å²) < 4.78 is 27.0. The zero-order chi connectivity index (χ0) is 26.0. The van der Waals surface area contributed by atoms with Crippen LogP contribution >= 0.6 is 0 Å². The molecule has 0 aromatic heterocycles. The van der Waals surface area contributed by atoms with Gasteiger partial charge in [0.05, 0.1) is 13.0 Å². The molecule has 2 aromatic carbocycles. The average Bonchev–Trinajstić information content (AvgIpc) is 2.75. The molecule has 0 radical (unpaired) electrons. The second-order valence-corrected chi connectivity index (χ2v) is 9.60. The highest BCUT2D eigenvalue weighted by molar-refractivity contribution is 6.00. The van der Waals surface area contributed by atoms with Crippen molar-refractivity contribution in [2.24, 2.45) is 0 Å². The Kier molecular flexibility index (Phi) is 10.5. The van der Waals surface area contributed by atoms with E-state index in [0.29, 0.717) is 6.54 Å². The first-order valence-electron chi connectivity index (χ1n) is 11.8. The Bertz CT molecular complexity index is 986. The summed E-state index contributed by atoms with van der Waals surface area (Å²) in [7, 11) is 0. The van der Waals surface area contributed by atoms with Crippen LogP contribution in [0.25, 0.3) is 0 Å². The number of nitrogens with one attached hydrogen (secondary N) is 2. The van der Waals surface area contributed by atoms with Crippen molar-refractivity contribution in [3.8, 4) is 0 Å². The van der Waals surface area contributed by atoms with Crippen molar-refractivity contribution in [2.75, 3.05) is 13.1 Å². The molecule has 1 atom stereocenters. The maximum atomic E-state index is 13.5. The standard InChI is InChI=1S/C27H35F2N3O3/c1-19(32(27(2,3)4)25(34)16-21-14-22(28)17-23(29)15-21)26(35)31-24(33)18-30-13-9-8-12-20-10-6-5-7-11-20/h5-7,10-11,14-15,17,19,30H,8-9,12-13,16,18H2,1-4H3,(H,31,33,35)/t19-/m0/s1. The molecule has 3 amide bonds. The summed E-state index contributed by atoms with van der Waals surface area (Å²) in [6.07, 6.45) is 2.55. The van der Waals surface area contributed by atoms with Gasteiger partial charge in [0.15, 0.2) is 0 Å². The van der Waals surface area contributed by atoms with Crippen molar-refractivity contribution in [2.45, 2.75) is 65.0 Å². The Balaban J connectivity index is 1.83.